The monoisotopic (exact) mass is 200 g/mol. The molecule has 1 atom stereocenters. The topological polar surface area (TPSA) is 50.4 Å². The summed E-state index contributed by atoms with van der Waals surface area (Å²) < 4.78 is 5.51. The Morgan fingerprint density at radius 1 is 1.50 bits per heavy atom. The number of hydrogen-bond donors (Lipinski definition) is 2. The van der Waals surface area contributed by atoms with E-state index in [1.807, 2.05) is 0 Å². The van der Waals surface area contributed by atoms with Gasteiger partial charge >= 0.3 is 0 Å². The minimum Gasteiger partial charge on any atom is -0.363 e. The zero-order valence-corrected chi connectivity index (χ0v) is 9.17. The fraction of sp³-hybridized carbons (Fsp3) is 0.900. The predicted molar refractivity (Wildman–Crippen MR) is 55.1 cm³/mol. The summed E-state index contributed by atoms with van der Waals surface area (Å²) in [6, 6.07) is 0. The Balaban J connectivity index is 2.14. The van der Waals surface area contributed by atoms with Gasteiger partial charge in [0.15, 0.2) is 0 Å². The molecule has 1 aliphatic heterocycles. The molecule has 0 radical (unpaired) electrons. The van der Waals surface area contributed by atoms with Crippen molar-refractivity contribution < 1.29 is 9.53 Å². The molecular weight excluding hydrogens is 180 g/mol. The minimum absolute atomic E-state index is 0.00870. The van der Waals surface area contributed by atoms with Crippen LogP contribution in [-0.4, -0.2) is 37.7 Å². The summed E-state index contributed by atoms with van der Waals surface area (Å²) in [5.41, 5.74) is 0. The third-order valence-corrected chi connectivity index (χ3v) is 2.19. The van der Waals surface area contributed by atoms with Crippen molar-refractivity contribution in [2.75, 3.05) is 19.6 Å². The fourth-order valence-corrected chi connectivity index (χ4v) is 1.16. The van der Waals surface area contributed by atoms with Crippen molar-refractivity contribution >= 4 is 5.91 Å². The van der Waals surface area contributed by atoms with Gasteiger partial charge in [-0.05, 0) is 12.8 Å². The van der Waals surface area contributed by atoms with Crippen LogP contribution in [0.15, 0.2) is 0 Å². The van der Waals surface area contributed by atoms with E-state index < -0.39 is 0 Å². The van der Waals surface area contributed by atoms with Crippen LogP contribution in [-0.2, 0) is 9.53 Å². The molecule has 1 aliphatic rings. The lowest BCUT2D eigenvalue weighted by Gasteiger charge is -2.29. The number of nitrogens with one attached hydrogen (secondary N) is 2. The number of carbonyl (C=O) groups excluding carboxylic acids is 1. The van der Waals surface area contributed by atoms with Crippen molar-refractivity contribution in [2.24, 2.45) is 5.92 Å². The van der Waals surface area contributed by atoms with Crippen LogP contribution in [0.3, 0.4) is 0 Å². The highest BCUT2D eigenvalue weighted by Gasteiger charge is 2.23. The van der Waals surface area contributed by atoms with E-state index >= 15 is 0 Å². The van der Waals surface area contributed by atoms with E-state index in [4.69, 9.17) is 4.74 Å². The van der Waals surface area contributed by atoms with Crippen LogP contribution in [0, 0.1) is 5.92 Å². The average molecular weight is 200 g/mol. The van der Waals surface area contributed by atoms with E-state index in [2.05, 4.69) is 24.5 Å². The Morgan fingerprint density at radius 3 is 2.57 bits per heavy atom. The first-order valence-electron chi connectivity index (χ1n) is 5.23. The van der Waals surface area contributed by atoms with Gasteiger partial charge < -0.3 is 15.4 Å². The minimum atomic E-state index is -0.333. The van der Waals surface area contributed by atoms with Crippen LogP contribution in [0.2, 0.25) is 0 Å². The highest BCUT2D eigenvalue weighted by molar-refractivity contribution is 5.80. The molecule has 2 N–H and O–H groups in total. The Hall–Kier alpha value is -0.610. The first-order chi connectivity index (χ1) is 6.59. The standard InChI is InChI=1S/C10H20N2O2/c1-7(2)4-12-10(13)8(3)14-9-5-11-6-9/h7-9,11H,4-6H2,1-3H3,(H,12,13). The molecule has 14 heavy (non-hydrogen) atoms. The van der Waals surface area contributed by atoms with Crippen molar-refractivity contribution in [1.82, 2.24) is 10.6 Å². The van der Waals surface area contributed by atoms with Crippen molar-refractivity contribution in [3.8, 4) is 0 Å². The normalized spacial score (nSPS) is 19.1. The highest BCUT2D eigenvalue weighted by atomic mass is 16.5. The van der Waals surface area contributed by atoms with Crippen LogP contribution >= 0.6 is 0 Å². The third-order valence-electron chi connectivity index (χ3n) is 2.19. The number of amides is 1. The van der Waals surface area contributed by atoms with Gasteiger partial charge in [0.2, 0.25) is 5.91 Å². The second-order valence-corrected chi connectivity index (χ2v) is 4.20. The van der Waals surface area contributed by atoms with E-state index in [-0.39, 0.29) is 18.1 Å². The number of ether oxygens (including phenoxy) is 1. The number of hydrogen-bond acceptors (Lipinski definition) is 3. The maximum atomic E-state index is 11.5. The maximum absolute atomic E-state index is 11.5. The summed E-state index contributed by atoms with van der Waals surface area (Å²) in [5, 5.41) is 5.95. The van der Waals surface area contributed by atoms with Gasteiger partial charge in [0.1, 0.15) is 6.10 Å². The lowest BCUT2D eigenvalue weighted by Crippen LogP contribution is -2.51. The summed E-state index contributed by atoms with van der Waals surface area (Å²) in [4.78, 5) is 11.5. The van der Waals surface area contributed by atoms with Crippen LogP contribution in [0.4, 0.5) is 0 Å². The Morgan fingerprint density at radius 2 is 2.14 bits per heavy atom. The van der Waals surface area contributed by atoms with Gasteiger partial charge in [0, 0.05) is 19.6 Å². The molecule has 0 spiro atoms. The maximum Gasteiger partial charge on any atom is 0.248 e. The third kappa shape index (κ3) is 3.64. The van der Waals surface area contributed by atoms with E-state index in [9.17, 15) is 4.79 Å². The second kappa shape index (κ2) is 5.32. The molecule has 4 heteroatoms. The molecule has 1 amide bonds. The molecule has 0 aromatic rings. The van der Waals surface area contributed by atoms with Gasteiger partial charge in [-0.25, -0.2) is 0 Å². The highest BCUT2D eigenvalue weighted by Crippen LogP contribution is 2.03. The Bertz CT molecular complexity index is 191. The summed E-state index contributed by atoms with van der Waals surface area (Å²) >= 11 is 0. The van der Waals surface area contributed by atoms with Crippen molar-refractivity contribution in [3.63, 3.8) is 0 Å². The molecule has 82 valence electrons. The van der Waals surface area contributed by atoms with Crippen molar-refractivity contribution in [1.29, 1.82) is 0 Å². The summed E-state index contributed by atoms with van der Waals surface area (Å²) in [6.07, 6.45) is -0.115. The van der Waals surface area contributed by atoms with Gasteiger partial charge in [0.05, 0.1) is 6.10 Å². The van der Waals surface area contributed by atoms with Crippen LogP contribution < -0.4 is 10.6 Å². The summed E-state index contributed by atoms with van der Waals surface area (Å²) in [7, 11) is 0. The SMILES string of the molecule is CC(C)CNC(=O)C(C)OC1CNC1. The molecule has 1 fully saturated rings. The molecule has 0 bridgehead atoms. The molecule has 0 aromatic heterocycles. The molecule has 0 saturated carbocycles. The molecular formula is C10H20N2O2. The van der Waals surface area contributed by atoms with Gasteiger partial charge in [-0.3, -0.25) is 4.79 Å². The smallest absolute Gasteiger partial charge is 0.248 e. The van der Waals surface area contributed by atoms with E-state index in [1.54, 1.807) is 6.92 Å². The lowest BCUT2D eigenvalue weighted by molar-refractivity contribution is -0.137. The zero-order valence-electron chi connectivity index (χ0n) is 9.17. The van der Waals surface area contributed by atoms with Crippen molar-refractivity contribution in [3.05, 3.63) is 0 Å². The van der Waals surface area contributed by atoms with Crippen LogP contribution in [0.1, 0.15) is 20.8 Å². The molecule has 4 nitrogen and oxygen atoms in total. The summed E-state index contributed by atoms with van der Waals surface area (Å²) in [6.45, 7) is 8.39. The molecule has 0 aliphatic carbocycles. The van der Waals surface area contributed by atoms with E-state index in [0.29, 0.717) is 5.92 Å². The predicted octanol–water partition coefficient (Wildman–Crippen LogP) is 0.136. The number of rotatable bonds is 5. The Labute approximate surface area is 85.4 Å². The van der Waals surface area contributed by atoms with Gasteiger partial charge in [0.25, 0.3) is 0 Å². The van der Waals surface area contributed by atoms with Crippen molar-refractivity contribution in [2.45, 2.75) is 33.0 Å². The zero-order chi connectivity index (χ0) is 10.6. The van der Waals surface area contributed by atoms with Gasteiger partial charge in [-0.15, -0.1) is 0 Å². The van der Waals surface area contributed by atoms with Crippen LogP contribution in [0.5, 0.6) is 0 Å². The molecule has 1 rings (SSSR count). The first-order valence-corrected chi connectivity index (χ1v) is 5.23. The molecule has 1 saturated heterocycles. The molecule has 0 aromatic carbocycles. The summed E-state index contributed by atoms with van der Waals surface area (Å²) in [5.74, 6) is 0.474. The van der Waals surface area contributed by atoms with E-state index in [1.165, 1.54) is 0 Å². The van der Waals surface area contributed by atoms with Gasteiger partial charge in [-0.1, -0.05) is 13.8 Å². The molecule has 1 heterocycles. The lowest BCUT2D eigenvalue weighted by atomic mass is 10.2. The average Bonchev–Trinajstić information content (AvgIpc) is 2.06. The van der Waals surface area contributed by atoms with Gasteiger partial charge in [-0.2, -0.15) is 0 Å². The van der Waals surface area contributed by atoms with Crippen LogP contribution in [0.25, 0.3) is 0 Å². The molecule has 1 unspecified atom stereocenters. The first kappa shape index (κ1) is 11.5. The quantitative estimate of drug-likeness (QED) is 0.663. The second-order valence-electron chi connectivity index (χ2n) is 4.20. The van der Waals surface area contributed by atoms with E-state index in [0.717, 1.165) is 19.6 Å². The number of carbonyl (C=O) groups is 1. The fourth-order valence-electron chi connectivity index (χ4n) is 1.16. The Kier molecular flexibility index (Phi) is 4.35. The largest absolute Gasteiger partial charge is 0.363 e.